The van der Waals surface area contributed by atoms with Crippen molar-refractivity contribution in [1.82, 2.24) is 4.90 Å². The normalized spacial score (nSPS) is 17.8. The SMILES string of the molecule is CCN(C1CC1)C(CN)c1ccc(Cl)cc1. The molecule has 0 bridgehead atoms. The van der Waals surface area contributed by atoms with Crippen molar-refractivity contribution in [3.63, 3.8) is 0 Å². The molecule has 1 fully saturated rings. The van der Waals surface area contributed by atoms with E-state index in [1.54, 1.807) is 0 Å². The Morgan fingerprint density at radius 1 is 1.38 bits per heavy atom. The van der Waals surface area contributed by atoms with Crippen LogP contribution in [0.2, 0.25) is 5.02 Å². The lowest BCUT2D eigenvalue weighted by Gasteiger charge is -2.30. The van der Waals surface area contributed by atoms with E-state index in [2.05, 4.69) is 24.0 Å². The van der Waals surface area contributed by atoms with Gasteiger partial charge in [0.1, 0.15) is 0 Å². The van der Waals surface area contributed by atoms with Crippen LogP contribution in [-0.2, 0) is 0 Å². The van der Waals surface area contributed by atoms with Crippen LogP contribution in [0.4, 0.5) is 0 Å². The minimum Gasteiger partial charge on any atom is -0.329 e. The fourth-order valence-corrected chi connectivity index (χ4v) is 2.41. The zero-order valence-corrected chi connectivity index (χ0v) is 10.5. The highest BCUT2D eigenvalue weighted by molar-refractivity contribution is 6.30. The second-order valence-electron chi connectivity index (χ2n) is 4.36. The third kappa shape index (κ3) is 2.57. The van der Waals surface area contributed by atoms with Gasteiger partial charge >= 0.3 is 0 Å². The summed E-state index contributed by atoms with van der Waals surface area (Å²) in [5.41, 5.74) is 7.19. The second-order valence-corrected chi connectivity index (χ2v) is 4.80. The third-order valence-corrected chi connectivity index (χ3v) is 3.51. The molecule has 0 amide bonds. The van der Waals surface area contributed by atoms with Crippen LogP contribution in [0, 0.1) is 0 Å². The smallest absolute Gasteiger partial charge is 0.0473 e. The average Bonchev–Trinajstić information content (AvgIpc) is 3.11. The molecule has 1 atom stereocenters. The molecule has 2 rings (SSSR count). The van der Waals surface area contributed by atoms with Crippen LogP contribution in [0.3, 0.4) is 0 Å². The fraction of sp³-hybridized carbons (Fsp3) is 0.538. The first-order chi connectivity index (χ1) is 7.76. The highest BCUT2D eigenvalue weighted by Crippen LogP contribution is 2.33. The van der Waals surface area contributed by atoms with Gasteiger partial charge < -0.3 is 5.73 Å². The van der Waals surface area contributed by atoms with Gasteiger partial charge in [-0.3, -0.25) is 4.90 Å². The fourth-order valence-electron chi connectivity index (χ4n) is 2.29. The van der Waals surface area contributed by atoms with Crippen LogP contribution in [0.5, 0.6) is 0 Å². The molecule has 1 aromatic carbocycles. The number of halogens is 1. The first kappa shape index (κ1) is 11.9. The van der Waals surface area contributed by atoms with Gasteiger partial charge in [0.2, 0.25) is 0 Å². The summed E-state index contributed by atoms with van der Waals surface area (Å²) in [5.74, 6) is 0. The Hall–Kier alpha value is -0.570. The van der Waals surface area contributed by atoms with E-state index in [0.717, 1.165) is 17.6 Å². The molecule has 2 N–H and O–H groups in total. The summed E-state index contributed by atoms with van der Waals surface area (Å²) < 4.78 is 0. The summed E-state index contributed by atoms with van der Waals surface area (Å²) in [5, 5.41) is 0.786. The van der Waals surface area contributed by atoms with Gasteiger partial charge in [0.15, 0.2) is 0 Å². The van der Waals surface area contributed by atoms with E-state index < -0.39 is 0 Å². The zero-order chi connectivity index (χ0) is 11.5. The zero-order valence-electron chi connectivity index (χ0n) is 9.70. The first-order valence-corrected chi connectivity index (χ1v) is 6.35. The Morgan fingerprint density at radius 2 is 2.00 bits per heavy atom. The van der Waals surface area contributed by atoms with Crippen LogP contribution in [0.25, 0.3) is 0 Å². The van der Waals surface area contributed by atoms with Crippen LogP contribution >= 0.6 is 11.6 Å². The van der Waals surface area contributed by atoms with Gasteiger partial charge in [-0.15, -0.1) is 0 Å². The van der Waals surface area contributed by atoms with Crippen LogP contribution in [-0.4, -0.2) is 24.0 Å². The molecule has 0 saturated heterocycles. The van der Waals surface area contributed by atoms with Gasteiger partial charge in [-0.1, -0.05) is 30.7 Å². The summed E-state index contributed by atoms with van der Waals surface area (Å²) >= 11 is 5.90. The molecule has 1 aliphatic carbocycles. The van der Waals surface area contributed by atoms with Crippen molar-refractivity contribution in [2.75, 3.05) is 13.1 Å². The maximum absolute atomic E-state index is 5.91. The molecule has 0 aromatic heterocycles. The summed E-state index contributed by atoms with van der Waals surface area (Å²) in [4.78, 5) is 2.50. The lowest BCUT2D eigenvalue weighted by atomic mass is 10.1. The van der Waals surface area contributed by atoms with Crippen molar-refractivity contribution in [2.24, 2.45) is 5.73 Å². The van der Waals surface area contributed by atoms with E-state index in [1.165, 1.54) is 18.4 Å². The van der Waals surface area contributed by atoms with E-state index in [1.807, 2.05) is 12.1 Å². The Balaban J connectivity index is 2.16. The summed E-state index contributed by atoms with van der Waals surface area (Å²) in [6.07, 6.45) is 2.63. The number of likely N-dealkylation sites (N-methyl/N-ethyl adjacent to an activating group) is 1. The molecule has 1 unspecified atom stereocenters. The van der Waals surface area contributed by atoms with Gasteiger partial charge in [-0.25, -0.2) is 0 Å². The number of hydrogen-bond donors (Lipinski definition) is 1. The van der Waals surface area contributed by atoms with Gasteiger partial charge in [0.25, 0.3) is 0 Å². The van der Waals surface area contributed by atoms with Gasteiger partial charge in [-0.2, -0.15) is 0 Å². The van der Waals surface area contributed by atoms with Crippen LogP contribution < -0.4 is 5.73 Å². The largest absolute Gasteiger partial charge is 0.329 e. The van der Waals surface area contributed by atoms with Crippen molar-refractivity contribution >= 4 is 11.6 Å². The van der Waals surface area contributed by atoms with E-state index in [4.69, 9.17) is 17.3 Å². The van der Waals surface area contributed by atoms with Gasteiger partial charge in [0.05, 0.1) is 0 Å². The van der Waals surface area contributed by atoms with Gasteiger partial charge in [-0.05, 0) is 37.1 Å². The molecule has 1 aromatic rings. The Kier molecular flexibility index (Phi) is 3.85. The number of benzene rings is 1. The number of nitrogens with zero attached hydrogens (tertiary/aromatic N) is 1. The lowest BCUT2D eigenvalue weighted by Crippen LogP contribution is -2.35. The van der Waals surface area contributed by atoms with Crippen molar-refractivity contribution < 1.29 is 0 Å². The molecule has 3 heteroatoms. The molecular formula is C13H19ClN2. The van der Waals surface area contributed by atoms with Crippen molar-refractivity contribution in [3.05, 3.63) is 34.9 Å². The molecule has 0 radical (unpaired) electrons. The predicted octanol–water partition coefficient (Wildman–Crippen LogP) is 2.82. The lowest BCUT2D eigenvalue weighted by molar-refractivity contribution is 0.202. The summed E-state index contributed by atoms with van der Waals surface area (Å²) in [7, 11) is 0. The monoisotopic (exact) mass is 238 g/mol. The van der Waals surface area contributed by atoms with Crippen LogP contribution in [0.1, 0.15) is 31.4 Å². The highest BCUT2D eigenvalue weighted by atomic mass is 35.5. The Morgan fingerprint density at radius 3 is 2.44 bits per heavy atom. The molecule has 2 nitrogen and oxygen atoms in total. The molecule has 1 aliphatic rings. The van der Waals surface area contributed by atoms with Crippen molar-refractivity contribution in [3.8, 4) is 0 Å². The van der Waals surface area contributed by atoms with Gasteiger partial charge in [0, 0.05) is 23.7 Å². The predicted molar refractivity (Wildman–Crippen MR) is 68.6 cm³/mol. The molecular weight excluding hydrogens is 220 g/mol. The maximum Gasteiger partial charge on any atom is 0.0473 e. The number of rotatable bonds is 5. The molecule has 1 saturated carbocycles. The minimum atomic E-state index is 0.342. The molecule has 0 heterocycles. The van der Waals surface area contributed by atoms with E-state index in [-0.39, 0.29) is 0 Å². The maximum atomic E-state index is 5.91. The average molecular weight is 239 g/mol. The standard InChI is InChI=1S/C13H19ClN2/c1-2-16(12-7-8-12)13(9-15)10-3-5-11(14)6-4-10/h3-6,12-13H,2,7-9,15H2,1H3. The number of nitrogens with two attached hydrogens (primary N) is 1. The second kappa shape index (κ2) is 5.17. The van der Waals surface area contributed by atoms with Crippen LogP contribution in [0.15, 0.2) is 24.3 Å². The molecule has 0 spiro atoms. The van der Waals surface area contributed by atoms with Crippen molar-refractivity contribution in [1.29, 1.82) is 0 Å². The molecule has 16 heavy (non-hydrogen) atoms. The third-order valence-electron chi connectivity index (χ3n) is 3.26. The molecule has 88 valence electrons. The van der Waals surface area contributed by atoms with Crippen molar-refractivity contribution in [2.45, 2.75) is 31.8 Å². The topological polar surface area (TPSA) is 29.3 Å². The Bertz CT molecular complexity index is 332. The first-order valence-electron chi connectivity index (χ1n) is 5.97. The quantitative estimate of drug-likeness (QED) is 0.855. The van der Waals surface area contributed by atoms with E-state index in [0.29, 0.717) is 12.6 Å². The minimum absolute atomic E-state index is 0.342. The number of hydrogen-bond acceptors (Lipinski definition) is 2. The van der Waals surface area contributed by atoms with E-state index in [9.17, 15) is 0 Å². The Labute approximate surface area is 102 Å². The summed E-state index contributed by atoms with van der Waals surface area (Å²) in [6, 6.07) is 9.15. The summed E-state index contributed by atoms with van der Waals surface area (Å²) in [6.45, 7) is 3.94. The van der Waals surface area contributed by atoms with E-state index >= 15 is 0 Å². The molecule has 0 aliphatic heterocycles. The highest BCUT2D eigenvalue weighted by Gasteiger charge is 2.32.